The lowest BCUT2D eigenvalue weighted by molar-refractivity contribution is -0.167. The van der Waals surface area contributed by atoms with Gasteiger partial charge < -0.3 is 14.2 Å². The molecule has 0 saturated carbocycles. The van der Waals surface area contributed by atoms with Crippen LogP contribution in [0.15, 0.2) is 109 Å². The van der Waals surface area contributed by atoms with Gasteiger partial charge in [-0.15, -0.1) is 0 Å². The summed E-state index contributed by atoms with van der Waals surface area (Å²) >= 11 is 0. The highest BCUT2D eigenvalue weighted by Gasteiger charge is 2.19. The van der Waals surface area contributed by atoms with E-state index in [0.717, 1.165) is 122 Å². The molecule has 0 rings (SSSR count). The molecule has 0 amide bonds. The largest absolute Gasteiger partial charge is 0.462 e. The molecular formula is C70H118O6. The van der Waals surface area contributed by atoms with Crippen molar-refractivity contribution in [2.45, 2.75) is 303 Å². The smallest absolute Gasteiger partial charge is 0.306 e. The van der Waals surface area contributed by atoms with Gasteiger partial charge >= 0.3 is 17.9 Å². The van der Waals surface area contributed by atoms with Crippen LogP contribution in [0.2, 0.25) is 0 Å². The molecular weight excluding hydrogens is 937 g/mol. The predicted molar refractivity (Wildman–Crippen MR) is 330 cm³/mol. The molecule has 6 heteroatoms. The first kappa shape index (κ1) is 72.1. The van der Waals surface area contributed by atoms with E-state index in [1.807, 2.05) is 0 Å². The Labute approximate surface area is 470 Å². The lowest BCUT2D eigenvalue weighted by Crippen LogP contribution is -2.30. The summed E-state index contributed by atoms with van der Waals surface area (Å²) in [5.74, 6) is -0.922. The van der Waals surface area contributed by atoms with E-state index < -0.39 is 6.10 Å². The summed E-state index contributed by atoms with van der Waals surface area (Å²) in [6.45, 7) is 6.48. The van der Waals surface area contributed by atoms with Gasteiger partial charge in [-0.25, -0.2) is 0 Å². The SMILES string of the molecule is CC/C=C\C/C=C\C/C=C\C/C=C\C/C=C\C/C=C\CCCCCCC(=O)OCC(COC(=O)CCCCCCC/C=C\CCCCC)OC(=O)CCCCCCCCCCCCC/C=C\C/C=C\CCCCCCC. The second kappa shape index (κ2) is 63.6. The molecule has 0 aliphatic carbocycles. The molecule has 0 saturated heterocycles. The minimum atomic E-state index is -0.796. The van der Waals surface area contributed by atoms with Gasteiger partial charge in [0, 0.05) is 19.3 Å². The van der Waals surface area contributed by atoms with Gasteiger partial charge in [-0.3, -0.25) is 14.4 Å². The molecule has 0 heterocycles. The van der Waals surface area contributed by atoms with E-state index in [9.17, 15) is 14.4 Å². The number of unbranched alkanes of at least 4 members (excludes halogenated alkanes) is 28. The quantitative estimate of drug-likeness (QED) is 0.0261. The van der Waals surface area contributed by atoms with Crippen LogP contribution in [0.4, 0.5) is 0 Å². The van der Waals surface area contributed by atoms with Crippen molar-refractivity contribution in [1.29, 1.82) is 0 Å². The molecule has 0 radical (unpaired) electrons. The molecule has 1 atom stereocenters. The summed E-state index contributed by atoms with van der Waals surface area (Å²) in [5.41, 5.74) is 0. The third-order valence-electron chi connectivity index (χ3n) is 13.5. The standard InChI is InChI=1S/C70H118O6/c1-4-7-10-13-16-19-22-25-27-29-31-33-35-37-39-41-43-45-48-51-54-57-60-63-69(72)75-66-67(65-74-68(71)62-59-56-53-50-47-24-21-18-15-12-9-6-3)76-70(73)64-61-58-55-52-49-46-44-42-40-38-36-34-32-30-28-26-23-20-17-14-11-8-5-2/h7,10,16,18-19,21,23,25-27,30-33,37,39,43,45,67H,4-6,8-9,11-15,17,20,22,24,28-29,34-36,38,40-42,44,46-66H2,1-3H3/b10-7-,19-16-,21-18-,26-23-,27-25-,32-30-,33-31-,39-37-,45-43-. The summed E-state index contributed by atoms with van der Waals surface area (Å²) < 4.78 is 16.9. The molecule has 0 bridgehead atoms. The Hall–Kier alpha value is -3.93. The van der Waals surface area contributed by atoms with Crippen molar-refractivity contribution in [3.8, 4) is 0 Å². The number of carbonyl (C=O) groups excluding carboxylic acids is 3. The van der Waals surface area contributed by atoms with Crippen molar-refractivity contribution in [2.24, 2.45) is 0 Å². The van der Waals surface area contributed by atoms with Crippen molar-refractivity contribution in [1.82, 2.24) is 0 Å². The van der Waals surface area contributed by atoms with Crippen LogP contribution in [-0.4, -0.2) is 37.2 Å². The molecule has 76 heavy (non-hydrogen) atoms. The first-order valence-corrected chi connectivity index (χ1v) is 31.9. The average Bonchev–Trinajstić information content (AvgIpc) is 3.42. The van der Waals surface area contributed by atoms with E-state index in [1.165, 1.54) is 135 Å². The molecule has 0 aromatic heterocycles. The molecule has 434 valence electrons. The van der Waals surface area contributed by atoms with Crippen LogP contribution in [-0.2, 0) is 28.6 Å². The van der Waals surface area contributed by atoms with E-state index in [0.29, 0.717) is 19.3 Å². The molecule has 1 unspecified atom stereocenters. The highest BCUT2D eigenvalue weighted by Crippen LogP contribution is 2.15. The molecule has 0 aromatic carbocycles. The summed E-state index contributed by atoms with van der Waals surface area (Å²) in [7, 11) is 0. The van der Waals surface area contributed by atoms with Gasteiger partial charge in [-0.05, 0) is 128 Å². The van der Waals surface area contributed by atoms with Crippen molar-refractivity contribution >= 4 is 17.9 Å². The van der Waals surface area contributed by atoms with Crippen LogP contribution in [0, 0.1) is 0 Å². The Morgan fingerprint density at radius 3 is 0.842 bits per heavy atom. The predicted octanol–water partition coefficient (Wildman–Crippen LogP) is 21.8. The lowest BCUT2D eigenvalue weighted by atomic mass is 10.0. The first-order valence-electron chi connectivity index (χ1n) is 31.9. The van der Waals surface area contributed by atoms with E-state index >= 15 is 0 Å². The summed E-state index contributed by atoms with van der Waals surface area (Å²) in [6, 6.07) is 0. The van der Waals surface area contributed by atoms with Crippen molar-refractivity contribution in [2.75, 3.05) is 13.2 Å². The topological polar surface area (TPSA) is 78.9 Å². The maximum absolute atomic E-state index is 12.9. The molecule has 0 spiro atoms. The molecule has 0 fully saturated rings. The summed E-state index contributed by atoms with van der Waals surface area (Å²) in [5, 5.41) is 0. The van der Waals surface area contributed by atoms with Crippen LogP contribution in [0.5, 0.6) is 0 Å². The van der Waals surface area contributed by atoms with Crippen molar-refractivity contribution < 1.29 is 28.6 Å². The monoisotopic (exact) mass is 1050 g/mol. The van der Waals surface area contributed by atoms with Crippen molar-refractivity contribution in [3.05, 3.63) is 109 Å². The number of ether oxygens (including phenoxy) is 3. The maximum atomic E-state index is 12.9. The van der Waals surface area contributed by atoms with Crippen LogP contribution in [0.25, 0.3) is 0 Å². The third kappa shape index (κ3) is 60.9. The average molecular weight is 1060 g/mol. The zero-order chi connectivity index (χ0) is 55.0. The fourth-order valence-corrected chi connectivity index (χ4v) is 8.71. The fraction of sp³-hybridized carbons (Fsp3) is 0.700. The van der Waals surface area contributed by atoms with Gasteiger partial charge in [0.05, 0.1) is 0 Å². The van der Waals surface area contributed by atoms with E-state index in [1.54, 1.807) is 0 Å². The zero-order valence-corrected chi connectivity index (χ0v) is 49.7. The Bertz CT molecular complexity index is 1540. The zero-order valence-electron chi connectivity index (χ0n) is 49.7. The van der Waals surface area contributed by atoms with Crippen molar-refractivity contribution in [3.63, 3.8) is 0 Å². The number of rotatable bonds is 57. The van der Waals surface area contributed by atoms with Gasteiger partial charge in [0.25, 0.3) is 0 Å². The number of hydrogen-bond donors (Lipinski definition) is 0. The van der Waals surface area contributed by atoms with E-state index in [-0.39, 0.29) is 31.1 Å². The summed E-state index contributed by atoms with van der Waals surface area (Å²) in [4.78, 5) is 38.3. The van der Waals surface area contributed by atoms with E-state index in [2.05, 4.69) is 130 Å². The minimum Gasteiger partial charge on any atom is -0.462 e. The normalized spacial score (nSPS) is 12.8. The van der Waals surface area contributed by atoms with Crippen LogP contribution >= 0.6 is 0 Å². The molecule has 6 nitrogen and oxygen atoms in total. The highest BCUT2D eigenvalue weighted by atomic mass is 16.6. The van der Waals surface area contributed by atoms with Crippen LogP contribution in [0.3, 0.4) is 0 Å². The van der Waals surface area contributed by atoms with E-state index in [4.69, 9.17) is 14.2 Å². The third-order valence-corrected chi connectivity index (χ3v) is 13.5. The maximum Gasteiger partial charge on any atom is 0.306 e. The van der Waals surface area contributed by atoms with Gasteiger partial charge in [0.1, 0.15) is 13.2 Å². The lowest BCUT2D eigenvalue weighted by Gasteiger charge is -2.18. The molecule has 0 aliphatic heterocycles. The Morgan fingerprint density at radius 1 is 0.276 bits per heavy atom. The highest BCUT2D eigenvalue weighted by molar-refractivity contribution is 5.71. The second-order valence-electron chi connectivity index (χ2n) is 20.9. The van der Waals surface area contributed by atoms with Gasteiger partial charge in [0.2, 0.25) is 0 Å². The minimum absolute atomic E-state index is 0.0920. The molecule has 0 N–H and O–H groups in total. The number of allylic oxidation sites excluding steroid dienone is 18. The Kier molecular flexibility index (Phi) is 60.3. The van der Waals surface area contributed by atoms with Gasteiger partial charge in [0.15, 0.2) is 6.10 Å². The van der Waals surface area contributed by atoms with Gasteiger partial charge in [-0.1, -0.05) is 259 Å². The second-order valence-corrected chi connectivity index (χ2v) is 20.9. The number of hydrogen-bond acceptors (Lipinski definition) is 6. The first-order chi connectivity index (χ1) is 37.5. The number of esters is 3. The molecule has 0 aromatic rings. The van der Waals surface area contributed by atoms with Crippen LogP contribution < -0.4 is 0 Å². The van der Waals surface area contributed by atoms with Gasteiger partial charge in [-0.2, -0.15) is 0 Å². The van der Waals surface area contributed by atoms with Crippen LogP contribution in [0.1, 0.15) is 297 Å². The Morgan fingerprint density at radius 2 is 0.513 bits per heavy atom. The Balaban J connectivity index is 4.38. The fourth-order valence-electron chi connectivity index (χ4n) is 8.71. The molecule has 0 aliphatic rings. The number of carbonyl (C=O) groups is 3. The summed E-state index contributed by atoms with van der Waals surface area (Å²) in [6.07, 6.45) is 86.6.